The summed E-state index contributed by atoms with van der Waals surface area (Å²) in [6, 6.07) is 3.69. The Morgan fingerprint density at radius 3 is 2.23 bits per heavy atom. The zero-order valence-electron chi connectivity index (χ0n) is 18.0. The van der Waals surface area contributed by atoms with E-state index in [0.29, 0.717) is 12.5 Å². The molecule has 2 fully saturated rings. The number of hydrogen-bond donors (Lipinski definition) is 0. The number of likely N-dealkylation sites (tertiary alicyclic amines) is 1. The molecule has 4 nitrogen and oxygen atoms in total. The maximum atomic E-state index is 12.7. The maximum Gasteiger partial charge on any atom is 0.416 e. The predicted molar refractivity (Wildman–Crippen MR) is 115 cm³/mol. The van der Waals surface area contributed by atoms with Crippen LogP contribution in [0.3, 0.4) is 0 Å². The van der Waals surface area contributed by atoms with Gasteiger partial charge in [0.05, 0.1) is 17.0 Å². The zero-order valence-corrected chi connectivity index (χ0v) is 18.8. The van der Waals surface area contributed by atoms with Gasteiger partial charge >= 0.3 is 6.18 Å². The van der Waals surface area contributed by atoms with Gasteiger partial charge < -0.3 is 0 Å². The van der Waals surface area contributed by atoms with E-state index in [2.05, 4.69) is 16.7 Å². The smallest absolute Gasteiger partial charge is 0.292 e. The fourth-order valence-electron chi connectivity index (χ4n) is 4.37. The molecule has 0 radical (unpaired) electrons. The molecule has 0 spiro atoms. The van der Waals surface area contributed by atoms with Crippen LogP contribution in [0.2, 0.25) is 0 Å². The van der Waals surface area contributed by atoms with Crippen molar-refractivity contribution in [2.75, 3.05) is 33.2 Å². The highest BCUT2D eigenvalue weighted by molar-refractivity contribution is 7.89. The second kappa shape index (κ2) is 10.4. The minimum atomic E-state index is -4.48. The molecule has 1 aromatic rings. The summed E-state index contributed by atoms with van der Waals surface area (Å²) in [6.07, 6.45) is 3.11. The number of benzene rings is 1. The van der Waals surface area contributed by atoms with Crippen molar-refractivity contribution in [3.63, 3.8) is 0 Å². The van der Waals surface area contributed by atoms with Crippen LogP contribution in [-0.2, 0) is 16.2 Å². The zero-order chi connectivity index (χ0) is 22.5. The summed E-state index contributed by atoms with van der Waals surface area (Å²) in [5.74, 6) is 7.35. The van der Waals surface area contributed by atoms with E-state index in [4.69, 9.17) is 0 Å². The first-order chi connectivity index (χ1) is 14.7. The van der Waals surface area contributed by atoms with Gasteiger partial charge in [-0.15, -0.1) is 0 Å². The highest BCUT2D eigenvalue weighted by atomic mass is 32.2. The molecular formula is C23H31F3N2O2S. The molecular weight excluding hydrogens is 425 g/mol. The lowest BCUT2D eigenvalue weighted by Gasteiger charge is -2.29. The van der Waals surface area contributed by atoms with Gasteiger partial charge in [-0.25, -0.2) is 12.7 Å². The number of nitrogens with zero attached hydrogens (tertiary/aromatic N) is 2. The standard InChI is InChI=1S/C23H31F3N2O2S/c1-27(31(29,30)22-13-11-21(12-14-22)23(24,25)26)18-20-9-7-19(8-10-20)6-5-17-28-15-3-2-4-16-28/h11-14,19-20H,2-4,7-10,15-18H2,1H3/t19-,20-. The molecule has 0 bridgehead atoms. The fraction of sp³-hybridized carbons (Fsp3) is 0.652. The van der Waals surface area contributed by atoms with Gasteiger partial charge in [0, 0.05) is 19.5 Å². The molecule has 0 aromatic heterocycles. The molecule has 172 valence electrons. The van der Waals surface area contributed by atoms with Crippen molar-refractivity contribution in [2.45, 2.75) is 56.0 Å². The maximum absolute atomic E-state index is 12.7. The summed E-state index contributed by atoms with van der Waals surface area (Å²) in [6.45, 7) is 3.49. The van der Waals surface area contributed by atoms with Gasteiger partial charge in [0.15, 0.2) is 0 Å². The van der Waals surface area contributed by atoms with Crippen molar-refractivity contribution in [1.29, 1.82) is 0 Å². The van der Waals surface area contributed by atoms with Crippen LogP contribution in [0, 0.1) is 23.7 Å². The summed E-state index contributed by atoms with van der Waals surface area (Å²) in [7, 11) is -2.31. The second-order valence-corrected chi connectivity index (χ2v) is 10.7. The highest BCUT2D eigenvalue weighted by Crippen LogP contribution is 2.32. The van der Waals surface area contributed by atoms with E-state index < -0.39 is 21.8 Å². The lowest BCUT2D eigenvalue weighted by Crippen LogP contribution is -2.33. The van der Waals surface area contributed by atoms with Crippen molar-refractivity contribution >= 4 is 10.0 Å². The normalized spacial score (nSPS) is 23.4. The monoisotopic (exact) mass is 456 g/mol. The third-order valence-corrected chi connectivity index (χ3v) is 8.15. The first-order valence-electron chi connectivity index (χ1n) is 11.0. The molecule has 1 aromatic carbocycles. The van der Waals surface area contributed by atoms with E-state index in [1.54, 1.807) is 0 Å². The topological polar surface area (TPSA) is 40.6 Å². The Morgan fingerprint density at radius 1 is 1.03 bits per heavy atom. The van der Waals surface area contributed by atoms with Gasteiger partial charge in [-0.1, -0.05) is 18.3 Å². The predicted octanol–water partition coefficient (Wildman–Crippen LogP) is 4.62. The molecule has 0 atom stereocenters. The summed E-state index contributed by atoms with van der Waals surface area (Å²) in [5.41, 5.74) is -0.853. The van der Waals surface area contributed by atoms with Crippen LogP contribution >= 0.6 is 0 Å². The van der Waals surface area contributed by atoms with E-state index >= 15 is 0 Å². The van der Waals surface area contributed by atoms with Gasteiger partial charge in [0.25, 0.3) is 0 Å². The van der Waals surface area contributed by atoms with Gasteiger partial charge in [0.1, 0.15) is 0 Å². The molecule has 1 aliphatic heterocycles. The van der Waals surface area contributed by atoms with E-state index in [-0.39, 0.29) is 10.8 Å². The van der Waals surface area contributed by atoms with Crippen LogP contribution in [0.25, 0.3) is 0 Å². The Bertz CT molecular complexity index is 874. The van der Waals surface area contributed by atoms with Crippen LogP contribution < -0.4 is 0 Å². The van der Waals surface area contributed by atoms with Crippen molar-refractivity contribution in [2.24, 2.45) is 11.8 Å². The molecule has 1 aliphatic carbocycles. The third-order valence-electron chi connectivity index (χ3n) is 6.31. The molecule has 2 aliphatic rings. The Kier molecular flexibility index (Phi) is 8.06. The van der Waals surface area contributed by atoms with Gasteiger partial charge in [-0.2, -0.15) is 13.2 Å². The number of hydrogen-bond acceptors (Lipinski definition) is 3. The molecule has 31 heavy (non-hydrogen) atoms. The minimum absolute atomic E-state index is 0.111. The summed E-state index contributed by atoms with van der Waals surface area (Å²) in [4.78, 5) is 2.30. The summed E-state index contributed by atoms with van der Waals surface area (Å²) in [5, 5.41) is 0. The molecule has 0 amide bonds. The van der Waals surface area contributed by atoms with Crippen molar-refractivity contribution < 1.29 is 21.6 Å². The van der Waals surface area contributed by atoms with Crippen LogP contribution in [0.4, 0.5) is 13.2 Å². The second-order valence-electron chi connectivity index (χ2n) is 8.68. The Morgan fingerprint density at radius 2 is 1.65 bits per heavy atom. The number of alkyl halides is 3. The number of halogens is 3. The van der Waals surface area contributed by atoms with Crippen molar-refractivity contribution in [3.05, 3.63) is 29.8 Å². The van der Waals surface area contributed by atoms with Crippen LogP contribution in [-0.4, -0.2) is 50.8 Å². The van der Waals surface area contributed by atoms with E-state index in [1.165, 1.54) is 30.6 Å². The third kappa shape index (κ3) is 6.71. The SMILES string of the molecule is CN(C[C@H]1CC[C@H](C#CCN2CCCCC2)CC1)S(=O)(=O)c1ccc(C(F)(F)F)cc1. The molecule has 1 saturated heterocycles. The van der Waals surface area contributed by atoms with Gasteiger partial charge in [-0.05, 0) is 81.8 Å². The molecule has 1 saturated carbocycles. The van der Waals surface area contributed by atoms with Gasteiger partial charge in [0.2, 0.25) is 10.0 Å². The minimum Gasteiger partial charge on any atom is -0.292 e. The largest absolute Gasteiger partial charge is 0.416 e. The number of piperidine rings is 1. The van der Waals surface area contributed by atoms with Crippen LogP contribution in [0.5, 0.6) is 0 Å². The van der Waals surface area contributed by atoms with E-state index in [0.717, 1.165) is 69.6 Å². The summed E-state index contributed by atoms with van der Waals surface area (Å²) >= 11 is 0. The Balaban J connectivity index is 1.48. The average Bonchev–Trinajstić information content (AvgIpc) is 2.75. The lowest BCUT2D eigenvalue weighted by atomic mass is 9.82. The number of sulfonamides is 1. The van der Waals surface area contributed by atoms with Gasteiger partial charge in [-0.3, -0.25) is 4.90 Å². The molecule has 3 rings (SSSR count). The summed E-state index contributed by atoms with van der Waals surface area (Å²) < 4.78 is 64.9. The molecule has 0 N–H and O–H groups in total. The first-order valence-corrected chi connectivity index (χ1v) is 12.4. The van der Waals surface area contributed by atoms with E-state index in [9.17, 15) is 21.6 Å². The van der Waals surface area contributed by atoms with Crippen molar-refractivity contribution in [3.8, 4) is 11.8 Å². The molecule has 8 heteroatoms. The molecule has 0 unspecified atom stereocenters. The molecule has 1 heterocycles. The number of rotatable bonds is 5. The Labute approximate surface area is 183 Å². The van der Waals surface area contributed by atoms with Crippen LogP contribution in [0.15, 0.2) is 29.2 Å². The first kappa shape index (κ1) is 24.1. The Hall–Kier alpha value is -1.56. The highest BCUT2D eigenvalue weighted by Gasteiger charge is 2.32. The lowest BCUT2D eigenvalue weighted by molar-refractivity contribution is -0.137. The van der Waals surface area contributed by atoms with E-state index in [1.807, 2.05) is 0 Å². The van der Waals surface area contributed by atoms with Crippen LogP contribution in [0.1, 0.15) is 50.5 Å². The van der Waals surface area contributed by atoms with Crippen molar-refractivity contribution in [1.82, 2.24) is 9.21 Å². The fourth-order valence-corrected chi connectivity index (χ4v) is 5.61. The average molecular weight is 457 g/mol. The quantitative estimate of drug-likeness (QED) is 0.607.